The van der Waals surface area contributed by atoms with Crippen LogP contribution in [-0.4, -0.2) is 42.0 Å². The summed E-state index contributed by atoms with van der Waals surface area (Å²) < 4.78 is 67.5. The zero-order chi connectivity index (χ0) is 21.4. The fourth-order valence-corrected chi connectivity index (χ4v) is 4.19. The van der Waals surface area contributed by atoms with Crippen molar-refractivity contribution in [3.8, 4) is 10.6 Å². The van der Waals surface area contributed by atoms with Crippen LogP contribution >= 0.6 is 11.3 Å². The van der Waals surface area contributed by atoms with Gasteiger partial charge in [-0.25, -0.2) is 16.8 Å². The predicted molar refractivity (Wildman–Crippen MR) is 100 cm³/mol. The molecule has 0 aliphatic carbocycles. The molecule has 0 spiro atoms. The molecular formula is C16H11K2N3O7S3. The van der Waals surface area contributed by atoms with Crippen molar-refractivity contribution in [3.63, 3.8) is 0 Å². The molecular weight excluding hydrogens is 521 g/mol. The maximum absolute atomic E-state index is 12.5. The number of benzene rings is 2. The Hall–Kier alpha value is 0.563. The van der Waals surface area contributed by atoms with Crippen molar-refractivity contribution in [2.24, 2.45) is 0 Å². The topological polar surface area (TPSA) is 169 Å². The molecule has 1 N–H and O–H groups in total. The average molecular weight is 532 g/mol. The SMILES string of the molecule is Cc1nnc(-c2cccc(C(=O)Nc3cc(S(=O)(=O)[O-])cc(S(=O)(=O)[O-])c3)c2)s1.[K+].[K+]. The van der Waals surface area contributed by atoms with Gasteiger partial charge in [-0.1, -0.05) is 23.5 Å². The van der Waals surface area contributed by atoms with E-state index in [2.05, 4.69) is 15.5 Å². The smallest absolute Gasteiger partial charge is 0.744 e. The summed E-state index contributed by atoms with van der Waals surface area (Å²) in [4.78, 5) is 10.6. The Morgan fingerprint density at radius 2 is 1.52 bits per heavy atom. The molecule has 0 saturated carbocycles. The first-order valence-electron chi connectivity index (χ1n) is 7.72. The van der Waals surface area contributed by atoms with Crippen LogP contribution in [0.3, 0.4) is 0 Å². The van der Waals surface area contributed by atoms with Gasteiger partial charge in [0.25, 0.3) is 5.91 Å². The predicted octanol–water partition coefficient (Wildman–Crippen LogP) is -4.42. The molecule has 2 aromatic carbocycles. The number of nitrogens with one attached hydrogen (secondary N) is 1. The average Bonchev–Trinajstić information content (AvgIpc) is 3.06. The molecule has 0 fully saturated rings. The number of nitrogens with zero attached hydrogens (tertiary/aromatic N) is 2. The normalized spacial score (nSPS) is 11.2. The first kappa shape index (κ1) is 29.6. The Kier molecular flexibility index (Phi) is 11.3. The van der Waals surface area contributed by atoms with E-state index in [9.17, 15) is 30.7 Å². The first-order valence-corrected chi connectivity index (χ1v) is 11.4. The van der Waals surface area contributed by atoms with E-state index in [0.29, 0.717) is 16.6 Å². The van der Waals surface area contributed by atoms with Gasteiger partial charge >= 0.3 is 103 Å². The molecule has 10 nitrogen and oxygen atoms in total. The third-order valence-corrected chi connectivity index (χ3v) is 6.13. The molecule has 3 aromatic rings. The number of rotatable bonds is 5. The molecule has 1 aromatic heterocycles. The largest absolute Gasteiger partial charge is 1.00 e. The van der Waals surface area contributed by atoms with Crippen LogP contribution in [0.2, 0.25) is 0 Å². The molecule has 31 heavy (non-hydrogen) atoms. The zero-order valence-corrected chi connectivity index (χ0v) is 25.2. The summed E-state index contributed by atoms with van der Waals surface area (Å²) in [5, 5.41) is 11.5. The van der Waals surface area contributed by atoms with Crippen LogP contribution in [0.4, 0.5) is 5.69 Å². The number of aromatic nitrogens is 2. The Balaban J connectivity index is 0.00000240. The van der Waals surface area contributed by atoms with Gasteiger partial charge in [0, 0.05) is 16.8 Å². The van der Waals surface area contributed by atoms with Crippen molar-refractivity contribution in [1.29, 1.82) is 0 Å². The van der Waals surface area contributed by atoms with E-state index in [-0.39, 0.29) is 114 Å². The van der Waals surface area contributed by atoms with Crippen molar-refractivity contribution in [3.05, 3.63) is 53.0 Å². The van der Waals surface area contributed by atoms with E-state index in [1.807, 2.05) is 0 Å². The quantitative estimate of drug-likeness (QED) is 0.252. The number of aryl methyl sites for hydroxylation is 1. The summed E-state index contributed by atoms with van der Waals surface area (Å²) in [6.07, 6.45) is 0. The standard InChI is InChI=1S/C16H13N3O7S3.2K/c1-9-18-19-16(27-9)11-4-2-3-10(5-11)15(20)17-12-6-13(28(21,22)23)8-14(7-12)29(24,25)26;;/h2-8H,1H3,(H,17,20)(H,21,22,23)(H,24,25,26);;/q;2*+1/p-2. The van der Waals surface area contributed by atoms with Gasteiger partial charge in [-0.15, -0.1) is 10.2 Å². The van der Waals surface area contributed by atoms with E-state index >= 15 is 0 Å². The van der Waals surface area contributed by atoms with Gasteiger partial charge < -0.3 is 14.4 Å². The molecule has 0 saturated heterocycles. The Morgan fingerprint density at radius 1 is 0.935 bits per heavy atom. The van der Waals surface area contributed by atoms with E-state index in [1.54, 1.807) is 19.1 Å². The maximum atomic E-state index is 12.5. The zero-order valence-electron chi connectivity index (χ0n) is 16.5. The molecule has 152 valence electrons. The van der Waals surface area contributed by atoms with Gasteiger partial charge in [-0.2, -0.15) is 0 Å². The molecule has 0 aliphatic rings. The van der Waals surface area contributed by atoms with Crippen molar-refractivity contribution >= 4 is 43.2 Å². The molecule has 1 amide bonds. The Labute approximate surface area is 267 Å². The minimum absolute atomic E-state index is 0. The Bertz CT molecular complexity index is 1280. The molecule has 0 aliphatic heterocycles. The number of carbonyl (C=O) groups is 1. The van der Waals surface area contributed by atoms with Crippen LogP contribution < -0.4 is 108 Å². The fourth-order valence-electron chi connectivity index (χ4n) is 2.34. The van der Waals surface area contributed by atoms with Crippen LogP contribution in [0.25, 0.3) is 10.6 Å². The van der Waals surface area contributed by atoms with Crippen LogP contribution in [0.5, 0.6) is 0 Å². The fraction of sp³-hybridized carbons (Fsp3) is 0.0625. The van der Waals surface area contributed by atoms with Gasteiger partial charge in [-0.3, -0.25) is 4.79 Å². The second kappa shape index (κ2) is 11.8. The van der Waals surface area contributed by atoms with E-state index in [0.717, 1.165) is 17.1 Å². The van der Waals surface area contributed by atoms with Gasteiger partial charge in [0.2, 0.25) is 0 Å². The van der Waals surface area contributed by atoms with Crippen LogP contribution in [0, 0.1) is 6.92 Å². The minimum atomic E-state index is -5.07. The summed E-state index contributed by atoms with van der Waals surface area (Å²) in [6, 6.07) is 8.26. The van der Waals surface area contributed by atoms with Crippen LogP contribution in [-0.2, 0) is 20.2 Å². The monoisotopic (exact) mass is 531 g/mol. The molecule has 15 heteroatoms. The van der Waals surface area contributed by atoms with Gasteiger partial charge in [-0.05, 0) is 37.3 Å². The third kappa shape index (κ3) is 8.08. The van der Waals surface area contributed by atoms with Crippen LogP contribution in [0.1, 0.15) is 15.4 Å². The molecule has 0 bridgehead atoms. The van der Waals surface area contributed by atoms with E-state index in [1.165, 1.54) is 23.5 Å². The van der Waals surface area contributed by atoms with Gasteiger partial charge in [0.15, 0.2) is 0 Å². The molecule has 0 unspecified atom stereocenters. The van der Waals surface area contributed by atoms with Crippen molar-refractivity contribution in [2.45, 2.75) is 16.7 Å². The summed E-state index contributed by atoms with van der Waals surface area (Å²) >= 11 is 1.32. The summed E-state index contributed by atoms with van der Waals surface area (Å²) in [6.45, 7) is 1.77. The summed E-state index contributed by atoms with van der Waals surface area (Å²) in [5.74, 6) is -0.720. The Morgan fingerprint density at radius 3 is 2.00 bits per heavy atom. The first-order chi connectivity index (χ1) is 13.4. The molecule has 1 heterocycles. The molecule has 0 atom stereocenters. The number of anilines is 1. The number of carbonyl (C=O) groups excluding carboxylic acids is 1. The van der Waals surface area contributed by atoms with Crippen LogP contribution in [0.15, 0.2) is 52.3 Å². The minimum Gasteiger partial charge on any atom is -0.744 e. The summed E-state index contributed by atoms with van der Waals surface area (Å²) in [5.41, 5.74) is 0.428. The van der Waals surface area contributed by atoms with Gasteiger partial charge in [0.1, 0.15) is 30.3 Å². The van der Waals surface area contributed by atoms with E-state index in [4.69, 9.17) is 0 Å². The second-order valence-electron chi connectivity index (χ2n) is 5.76. The van der Waals surface area contributed by atoms with Crippen molar-refractivity contribution in [1.82, 2.24) is 10.2 Å². The summed E-state index contributed by atoms with van der Waals surface area (Å²) in [7, 11) is -10.1. The third-order valence-electron chi connectivity index (χ3n) is 3.61. The van der Waals surface area contributed by atoms with Crippen molar-refractivity contribution in [2.75, 3.05) is 5.32 Å². The molecule has 0 radical (unpaired) electrons. The van der Waals surface area contributed by atoms with Gasteiger partial charge in [0.05, 0.1) is 9.79 Å². The van der Waals surface area contributed by atoms with E-state index < -0.39 is 35.9 Å². The number of amides is 1. The maximum Gasteiger partial charge on any atom is 1.00 e. The second-order valence-corrected chi connectivity index (χ2v) is 9.70. The van der Waals surface area contributed by atoms with Crippen molar-refractivity contribution < 1.29 is 134 Å². The number of hydrogen-bond donors (Lipinski definition) is 1. The molecule has 3 rings (SSSR count). The number of hydrogen-bond acceptors (Lipinski definition) is 10.